The van der Waals surface area contributed by atoms with E-state index in [1.54, 1.807) is 11.3 Å². The van der Waals surface area contributed by atoms with Crippen LogP contribution in [0.1, 0.15) is 42.1 Å². The van der Waals surface area contributed by atoms with E-state index in [2.05, 4.69) is 0 Å². The zero-order valence-electron chi connectivity index (χ0n) is 10.5. The number of carbonyl (C=O) groups excluding carboxylic acids is 1. The minimum Gasteiger partial charge on any atom is -0.334 e. The van der Waals surface area contributed by atoms with Gasteiger partial charge in [-0.1, -0.05) is 0 Å². The molecule has 0 aromatic carbocycles. The molecule has 2 heterocycles. The lowest BCUT2D eigenvalue weighted by Crippen LogP contribution is -2.51. The predicted molar refractivity (Wildman–Crippen MR) is 71.4 cm³/mol. The number of aryl methyl sites for hydroxylation is 1. The number of hydrogen-bond acceptors (Lipinski definition) is 3. The van der Waals surface area contributed by atoms with Crippen molar-refractivity contribution in [2.24, 2.45) is 5.73 Å². The van der Waals surface area contributed by atoms with E-state index < -0.39 is 0 Å². The van der Waals surface area contributed by atoms with Crippen molar-refractivity contribution in [2.75, 3.05) is 6.54 Å². The Balaban J connectivity index is 2.20. The van der Waals surface area contributed by atoms with Crippen LogP contribution in [-0.4, -0.2) is 29.4 Å². The molecule has 2 N–H and O–H groups in total. The molecular formula is C13H20N2OS. The highest BCUT2D eigenvalue weighted by Gasteiger charge is 2.30. The van der Waals surface area contributed by atoms with Crippen LogP contribution in [0.4, 0.5) is 0 Å². The molecule has 0 saturated carbocycles. The maximum atomic E-state index is 12.5. The second-order valence-electron chi connectivity index (χ2n) is 4.89. The zero-order chi connectivity index (χ0) is 12.4. The topological polar surface area (TPSA) is 46.3 Å². The Kier molecular flexibility index (Phi) is 3.84. The highest BCUT2D eigenvalue weighted by molar-refractivity contribution is 7.08. The highest BCUT2D eigenvalue weighted by Crippen LogP contribution is 2.24. The van der Waals surface area contributed by atoms with Crippen LogP contribution in [0.15, 0.2) is 10.8 Å². The Bertz CT molecular complexity index is 400. The number of thiophene rings is 1. The van der Waals surface area contributed by atoms with Crippen LogP contribution in [-0.2, 0) is 0 Å². The van der Waals surface area contributed by atoms with Crippen molar-refractivity contribution in [1.82, 2.24) is 4.90 Å². The Morgan fingerprint density at radius 1 is 1.53 bits per heavy atom. The summed E-state index contributed by atoms with van der Waals surface area (Å²) in [6, 6.07) is 0.258. The van der Waals surface area contributed by atoms with E-state index in [1.807, 2.05) is 29.5 Å². The lowest BCUT2D eigenvalue weighted by Gasteiger charge is -2.38. The van der Waals surface area contributed by atoms with Gasteiger partial charge in [-0.25, -0.2) is 0 Å². The molecular weight excluding hydrogens is 232 g/mol. The first-order valence-electron chi connectivity index (χ1n) is 6.20. The number of rotatable bonds is 2. The number of piperidine rings is 1. The molecule has 0 aliphatic carbocycles. The van der Waals surface area contributed by atoms with Gasteiger partial charge in [-0.05, 0) is 44.1 Å². The van der Waals surface area contributed by atoms with Crippen molar-refractivity contribution in [1.29, 1.82) is 0 Å². The van der Waals surface area contributed by atoms with Gasteiger partial charge in [0.25, 0.3) is 5.91 Å². The molecule has 4 heteroatoms. The minimum atomic E-state index is 0.0539. The molecule has 3 nitrogen and oxygen atoms in total. The van der Waals surface area contributed by atoms with Gasteiger partial charge in [0.05, 0.1) is 5.56 Å². The van der Waals surface area contributed by atoms with Gasteiger partial charge < -0.3 is 10.6 Å². The molecule has 2 rings (SSSR count). The molecule has 0 unspecified atom stereocenters. The van der Waals surface area contributed by atoms with E-state index in [1.165, 1.54) is 6.42 Å². The van der Waals surface area contributed by atoms with E-state index in [4.69, 9.17) is 5.73 Å². The van der Waals surface area contributed by atoms with Gasteiger partial charge in [-0.15, -0.1) is 0 Å². The van der Waals surface area contributed by atoms with Crippen molar-refractivity contribution < 1.29 is 4.79 Å². The number of carbonyl (C=O) groups is 1. The van der Waals surface area contributed by atoms with Crippen LogP contribution in [0.5, 0.6) is 0 Å². The summed E-state index contributed by atoms with van der Waals surface area (Å²) in [7, 11) is 0. The van der Waals surface area contributed by atoms with Gasteiger partial charge in [0.15, 0.2) is 0 Å². The lowest BCUT2D eigenvalue weighted by molar-refractivity contribution is 0.0583. The Hall–Kier alpha value is -0.870. The maximum Gasteiger partial charge on any atom is 0.255 e. The third-order valence-corrected chi connectivity index (χ3v) is 4.36. The molecule has 0 bridgehead atoms. The Morgan fingerprint density at radius 2 is 2.29 bits per heavy atom. The predicted octanol–water partition coefficient (Wildman–Crippen LogP) is 2.40. The molecule has 17 heavy (non-hydrogen) atoms. The largest absolute Gasteiger partial charge is 0.334 e. The smallest absolute Gasteiger partial charge is 0.255 e. The molecule has 1 aliphatic rings. The standard InChI is InChI=1S/C13H20N2OS/c1-9-7-17-8-11(9)13(16)15-6-4-3-5-12(15)10(2)14/h7-8,10,12H,3-6,14H2,1-2H3/t10-,12-/m1/s1. The highest BCUT2D eigenvalue weighted by atomic mass is 32.1. The summed E-state index contributed by atoms with van der Waals surface area (Å²) < 4.78 is 0. The maximum absolute atomic E-state index is 12.5. The molecule has 1 aromatic heterocycles. The summed E-state index contributed by atoms with van der Waals surface area (Å²) in [5.74, 6) is 0.158. The molecule has 1 aromatic rings. The van der Waals surface area contributed by atoms with Gasteiger partial charge in [-0.3, -0.25) is 4.79 Å². The molecule has 0 radical (unpaired) electrons. The van der Waals surface area contributed by atoms with Crippen LogP contribution in [0.2, 0.25) is 0 Å². The summed E-state index contributed by atoms with van der Waals surface area (Å²) in [6.45, 7) is 4.84. The number of nitrogens with zero attached hydrogens (tertiary/aromatic N) is 1. The lowest BCUT2D eigenvalue weighted by atomic mass is 9.96. The van der Waals surface area contributed by atoms with E-state index in [-0.39, 0.29) is 18.0 Å². The first kappa shape index (κ1) is 12.6. The second kappa shape index (κ2) is 5.19. The van der Waals surface area contributed by atoms with Crippen molar-refractivity contribution in [2.45, 2.75) is 45.2 Å². The summed E-state index contributed by atoms with van der Waals surface area (Å²) >= 11 is 1.59. The summed E-state index contributed by atoms with van der Waals surface area (Å²) in [5, 5.41) is 3.97. The summed E-state index contributed by atoms with van der Waals surface area (Å²) in [4.78, 5) is 14.4. The van der Waals surface area contributed by atoms with Gasteiger partial charge in [0, 0.05) is 24.0 Å². The Morgan fingerprint density at radius 3 is 2.88 bits per heavy atom. The first-order valence-corrected chi connectivity index (χ1v) is 7.15. The molecule has 0 spiro atoms. The summed E-state index contributed by atoms with van der Waals surface area (Å²) in [5.41, 5.74) is 7.92. The third-order valence-electron chi connectivity index (χ3n) is 3.50. The van der Waals surface area contributed by atoms with E-state index in [0.717, 1.165) is 30.5 Å². The average Bonchev–Trinajstić information content (AvgIpc) is 2.74. The number of likely N-dealkylation sites (tertiary alicyclic amines) is 1. The van der Waals surface area contributed by atoms with Gasteiger partial charge in [0.2, 0.25) is 0 Å². The van der Waals surface area contributed by atoms with E-state index in [0.29, 0.717) is 0 Å². The van der Waals surface area contributed by atoms with Crippen molar-refractivity contribution in [3.8, 4) is 0 Å². The molecule has 1 aliphatic heterocycles. The van der Waals surface area contributed by atoms with Crippen LogP contribution >= 0.6 is 11.3 Å². The van der Waals surface area contributed by atoms with Gasteiger partial charge in [-0.2, -0.15) is 11.3 Å². The minimum absolute atomic E-state index is 0.0539. The fourth-order valence-corrected chi connectivity index (χ4v) is 3.31. The zero-order valence-corrected chi connectivity index (χ0v) is 11.3. The number of hydrogen-bond donors (Lipinski definition) is 1. The molecule has 2 atom stereocenters. The molecule has 1 fully saturated rings. The average molecular weight is 252 g/mol. The van der Waals surface area contributed by atoms with Crippen LogP contribution in [0, 0.1) is 6.92 Å². The number of nitrogens with two attached hydrogens (primary N) is 1. The third kappa shape index (κ3) is 2.53. The Labute approximate surface area is 107 Å². The van der Waals surface area contributed by atoms with Gasteiger partial charge in [0.1, 0.15) is 0 Å². The van der Waals surface area contributed by atoms with Crippen molar-refractivity contribution >= 4 is 17.2 Å². The fraction of sp³-hybridized carbons (Fsp3) is 0.615. The van der Waals surface area contributed by atoms with Gasteiger partial charge >= 0.3 is 0 Å². The monoisotopic (exact) mass is 252 g/mol. The van der Waals surface area contributed by atoms with Crippen molar-refractivity contribution in [3.05, 3.63) is 21.9 Å². The quantitative estimate of drug-likeness (QED) is 0.878. The SMILES string of the molecule is Cc1cscc1C(=O)N1CCCC[C@@H]1[C@@H](C)N. The van der Waals surface area contributed by atoms with Crippen LogP contribution < -0.4 is 5.73 Å². The second-order valence-corrected chi connectivity index (χ2v) is 5.63. The first-order chi connectivity index (χ1) is 8.11. The van der Waals surface area contributed by atoms with Crippen molar-refractivity contribution in [3.63, 3.8) is 0 Å². The van der Waals surface area contributed by atoms with E-state index in [9.17, 15) is 4.79 Å². The fourth-order valence-electron chi connectivity index (χ4n) is 2.49. The van der Waals surface area contributed by atoms with Crippen LogP contribution in [0.25, 0.3) is 0 Å². The van der Waals surface area contributed by atoms with E-state index >= 15 is 0 Å². The number of amides is 1. The molecule has 1 saturated heterocycles. The molecule has 94 valence electrons. The normalized spacial score (nSPS) is 22.5. The van der Waals surface area contributed by atoms with Crippen LogP contribution in [0.3, 0.4) is 0 Å². The molecule has 1 amide bonds. The summed E-state index contributed by atoms with van der Waals surface area (Å²) in [6.07, 6.45) is 3.31.